The van der Waals surface area contributed by atoms with Crippen molar-refractivity contribution in [3.05, 3.63) is 39.4 Å². The summed E-state index contributed by atoms with van der Waals surface area (Å²) in [7, 11) is 0. The highest BCUT2D eigenvalue weighted by atomic mass is 16.6. The number of nitrogens with one attached hydrogen (secondary N) is 1. The average molecular weight is 289 g/mol. The second kappa shape index (κ2) is 5.16. The zero-order chi connectivity index (χ0) is 15.0. The van der Waals surface area contributed by atoms with Gasteiger partial charge in [0.2, 0.25) is 5.91 Å². The minimum absolute atomic E-state index is 0.0580. The van der Waals surface area contributed by atoms with Crippen LogP contribution >= 0.6 is 0 Å². The summed E-state index contributed by atoms with van der Waals surface area (Å²) in [6.07, 6.45) is 2.34. The summed E-state index contributed by atoms with van der Waals surface area (Å²) < 4.78 is 0. The lowest BCUT2D eigenvalue weighted by Crippen LogP contribution is -2.45. The van der Waals surface area contributed by atoms with Crippen molar-refractivity contribution in [2.24, 2.45) is 0 Å². The first-order chi connectivity index (χ1) is 10.1. The second-order valence-electron chi connectivity index (χ2n) is 5.30. The molecule has 0 bridgehead atoms. The fourth-order valence-corrected chi connectivity index (χ4v) is 2.98. The third-order valence-corrected chi connectivity index (χ3v) is 4.05. The Kier molecular flexibility index (Phi) is 3.32. The van der Waals surface area contributed by atoms with E-state index in [1.165, 1.54) is 17.0 Å². The quantitative estimate of drug-likeness (QED) is 0.654. The van der Waals surface area contributed by atoms with Gasteiger partial charge in [0.1, 0.15) is 6.04 Å². The molecule has 7 heteroatoms. The van der Waals surface area contributed by atoms with Crippen molar-refractivity contribution in [3.63, 3.8) is 0 Å². The highest BCUT2D eigenvalue weighted by Crippen LogP contribution is 2.32. The fraction of sp³-hybridized carbons (Fsp3) is 0.429. The largest absolute Gasteiger partial charge is 0.354 e. The van der Waals surface area contributed by atoms with Crippen molar-refractivity contribution in [2.75, 3.05) is 6.54 Å². The van der Waals surface area contributed by atoms with E-state index < -0.39 is 11.0 Å². The molecule has 2 aliphatic heterocycles. The Hall–Kier alpha value is -2.44. The molecule has 1 aromatic rings. The van der Waals surface area contributed by atoms with Gasteiger partial charge in [0, 0.05) is 12.6 Å². The van der Waals surface area contributed by atoms with E-state index in [9.17, 15) is 19.7 Å². The van der Waals surface area contributed by atoms with Gasteiger partial charge in [-0.25, -0.2) is 0 Å². The number of carbonyl (C=O) groups is 2. The number of hydrogen-bond acceptors (Lipinski definition) is 4. The highest BCUT2D eigenvalue weighted by molar-refractivity contribution is 6.02. The number of nitro groups is 1. The van der Waals surface area contributed by atoms with Crippen LogP contribution in [0.2, 0.25) is 0 Å². The SMILES string of the molecule is O=C1NCCCCC1N1Cc2c(cccc2[N+](=O)[O-])C1=O. The van der Waals surface area contributed by atoms with Crippen LogP contribution in [0.3, 0.4) is 0 Å². The molecule has 2 aliphatic rings. The summed E-state index contributed by atoms with van der Waals surface area (Å²) in [6, 6.07) is 3.94. The molecule has 1 saturated heterocycles. The zero-order valence-electron chi connectivity index (χ0n) is 11.4. The second-order valence-corrected chi connectivity index (χ2v) is 5.30. The number of carbonyl (C=O) groups excluding carboxylic acids is 2. The van der Waals surface area contributed by atoms with Gasteiger partial charge >= 0.3 is 0 Å². The summed E-state index contributed by atoms with van der Waals surface area (Å²) >= 11 is 0. The molecule has 7 nitrogen and oxygen atoms in total. The van der Waals surface area contributed by atoms with Crippen LogP contribution in [0.1, 0.15) is 35.2 Å². The van der Waals surface area contributed by atoms with E-state index in [2.05, 4.69) is 5.32 Å². The van der Waals surface area contributed by atoms with Crippen LogP contribution in [0.4, 0.5) is 5.69 Å². The maximum atomic E-state index is 12.5. The van der Waals surface area contributed by atoms with E-state index in [-0.39, 0.29) is 24.0 Å². The maximum Gasteiger partial charge on any atom is 0.275 e. The number of nitro benzene ring substituents is 1. The Morgan fingerprint density at radius 1 is 1.29 bits per heavy atom. The highest BCUT2D eigenvalue weighted by Gasteiger charge is 2.39. The Balaban J connectivity index is 1.94. The number of rotatable bonds is 2. The third kappa shape index (κ3) is 2.24. The molecule has 0 radical (unpaired) electrons. The standard InChI is InChI=1S/C14H15N3O4/c18-13-12(5-1-2-7-15-13)16-8-10-9(14(16)19)4-3-6-11(10)17(20)21/h3-4,6,12H,1-2,5,7-8H2,(H,15,18). The first kappa shape index (κ1) is 13.5. The minimum atomic E-state index is -0.535. The molecule has 1 unspecified atom stereocenters. The summed E-state index contributed by atoms with van der Waals surface area (Å²) in [5.41, 5.74) is 0.683. The number of hydrogen-bond donors (Lipinski definition) is 1. The van der Waals surface area contributed by atoms with E-state index in [4.69, 9.17) is 0 Å². The van der Waals surface area contributed by atoms with Crippen molar-refractivity contribution < 1.29 is 14.5 Å². The molecule has 21 heavy (non-hydrogen) atoms. The fourth-order valence-electron chi connectivity index (χ4n) is 2.98. The molecule has 2 heterocycles. The summed E-state index contributed by atoms with van der Waals surface area (Å²) in [5, 5.41) is 13.9. The van der Waals surface area contributed by atoms with Gasteiger partial charge in [0.15, 0.2) is 0 Å². The van der Waals surface area contributed by atoms with E-state index in [0.29, 0.717) is 24.1 Å². The smallest absolute Gasteiger partial charge is 0.275 e. The summed E-state index contributed by atoms with van der Waals surface area (Å²) in [4.78, 5) is 36.6. The molecule has 0 spiro atoms. The lowest BCUT2D eigenvalue weighted by molar-refractivity contribution is -0.385. The van der Waals surface area contributed by atoms with Crippen LogP contribution in [0, 0.1) is 10.1 Å². The molecule has 2 amide bonds. The molecular formula is C14H15N3O4. The zero-order valence-corrected chi connectivity index (χ0v) is 11.4. The number of amides is 2. The summed E-state index contributed by atoms with van der Waals surface area (Å²) in [5.74, 6) is -0.466. The first-order valence-electron chi connectivity index (χ1n) is 6.94. The van der Waals surface area contributed by atoms with Crippen LogP contribution in [0.15, 0.2) is 18.2 Å². The Bertz CT molecular complexity index is 629. The molecule has 110 valence electrons. The van der Waals surface area contributed by atoms with Crippen molar-refractivity contribution in [3.8, 4) is 0 Å². The topological polar surface area (TPSA) is 92.6 Å². The van der Waals surface area contributed by atoms with E-state index in [0.717, 1.165) is 12.8 Å². The lowest BCUT2D eigenvalue weighted by Gasteiger charge is -2.24. The Morgan fingerprint density at radius 3 is 2.86 bits per heavy atom. The van der Waals surface area contributed by atoms with Crippen LogP contribution in [0.25, 0.3) is 0 Å². The molecule has 1 N–H and O–H groups in total. The monoisotopic (exact) mass is 289 g/mol. The van der Waals surface area contributed by atoms with Crippen LogP contribution in [-0.2, 0) is 11.3 Å². The van der Waals surface area contributed by atoms with Crippen LogP contribution in [-0.4, -0.2) is 34.2 Å². The van der Waals surface area contributed by atoms with Crippen molar-refractivity contribution in [2.45, 2.75) is 31.8 Å². The number of fused-ring (bicyclic) bond motifs is 1. The third-order valence-electron chi connectivity index (χ3n) is 4.05. The van der Waals surface area contributed by atoms with E-state index in [1.54, 1.807) is 6.07 Å². The van der Waals surface area contributed by atoms with Crippen LogP contribution < -0.4 is 5.32 Å². The molecular weight excluding hydrogens is 274 g/mol. The van der Waals surface area contributed by atoms with Gasteiger partial charge in [-0.15, -0.1) is 0 Å². The summed E-state index contributed by atoms with van der Waals surface area (Å²) in [6.45, 7) is 0.744. The normalized spacial score (nSPS) is 21.7. The predicted octanol–water partition coefficient (Wildman–Crippen LogP) is 1.22. The molecule has 1 atom stereocenters. The van der Waals surface area contributed by atoms with E-state index in [1.807, 2.05) is 0 Å². The van der Waals surface area contributed by atoms with Crippen molar-refractivity contribution in [1.82, 2.24) is 10.2 Å². The van der Waals surface area contributed by atoms with Crippen molar-refractivity contribution >= 4 is 17.5 Å². The lowest BCUT2D eigenvalue weighted by atomic mass is 10.1. The predicted molar refractivity (Wildman–Crippen MR) is 73.6 cm³/mol. The minimum Gasteiger partial charge on any atom is -0.354 e. The van der Waals surface area contributed by atoms with Crippen molar-refractivity contribution in [1.29, 1.82) is 0 Å². The van der Waals surface area contributed by atoms with Gasteiger partial charge in [-0.3, -0.25) is 19.7 Å². The molecule has 1 fully saturated rings. The van der Waals surface area contributed by atoms with Crippen LogP contribution in [0.5, 0.6) is 0 Å². The van der Waals surface area contributed by atoms with Gasteiger partial charge in [0.25, 0.3) is 11.6 Å². The Morgan fingerprint density at radius 2 is 2.10 bits per heavy atom. The molecule has 0 aliphatic carbocycles. The molecule has 0 aromatic heterocycles. The van der Waals surface area contributed by atoms with Gasteiger partial charge in [0.05, 0.1) is 22.6 Å². The molecule has 3 rings (SSSR count). The molecule has 0 saturated carbocycles. The van der Waals surface area contributed by atoms with Gasteiger partial charge in [-0.1, -0.05) is 6.07 Å². The van der Waals surface area contributed by atoms with Gasteiger partial charge in [-0.05, 0) is 25.3 Å². The molecule has 1 aromatic carbocycles. The maximum absolute atomic E-state index is 12.5. The first-order valence-corrected chi connectivity index (χ1v) is 6.94. The van der Waals surface area contributed by atoms with Gasteiger partial charge < -0.3 is 10.2 Å². The Labute approximate surface area is 121 Å². The number of benzene rings is 1. The average Bonchev–Trinajstić information content (AvgIpc) is 2.65. The number of nitrogens with zero attached hydrogens (tertiary/aromatic N) is 2. The van der Waals surface area contributed by atoms with Gasteiger partial charge in [-0.2, -0.15) is 0 Å². The van der Waals surface area contributed by atoms with E-state index >= 15 is 0 Å².